The van der Waals surface area contributed by atoms with Crippen molar-refractivity contribution in [2.45, 2.75) is 43.1 Å². The van der Waals surface area contributed by atoms with E-state index in [0.29, 0.717) is 12.8 Å². The molecule has 0 radical (unpaired) electrons. The lowest BCUT2D eigenvalue weighted by molar-refractivity contribution is -0.153. The summed E-state index contributed by atoms with van der Waals surface area (Å²) in [5.74, 6) is -0.210. The van der Waals surface area contributed by atoms with Crippen LogP contribution in [0.25, 0.3) is 0 Å². The number of piperidine rings is 1. The molecule has 2 aliphatic heterocycles. The largest absolute Gasteiger partial charge is 0.480 e. The Labute approximate surface area is 106 Å². The van der Waals surface area contributed by atoms with Gasteiger partial charge in [0.1, 0.15) is 12.1 Å². The normalized spacial score (nSPS) is 33.8. The number of thioether (sulfide) groups is 1. The molecule has 0 aromatic rings. The number of carbonyl (C=O) groups is 2. The van der Waals surface area contributed by atoms with Crippen LogP contribution in [0.3, 0.4) is 0 Å². The average Bonchev–Trinajstić information content (AvgIpc) is 2.48. The van der Waals surface area contributed by atoms with Gasteiger partial charge in [-0.1, -0.05) is 0 Å². The molecule has 0 bridgehead atoms. The molecule has 5 nitrogen and oxygen atoms in total. The number of rotatable bonds is 2. The summed E-state index contributed by atoms with van der Waals surface area (Å²) in [4.78, 5) is 25.0. The van der Waals surface area contributed by atoms with E-state index in [0.717, 1.165) is 18.6 Å². The van der Waals surface area contributed by atoms with Crippen LogP contribution < -0.4 is 0 Å². The van der Waals surface area contributed by atoms with E-state index < -0.39 is 18.1 Å². The van der Waals surface area contributed by atoms with Crippen LogP contribution in [0.4, 0.5) is 0 Å². The van der Waals surface area contributed by atoms with Gasteiger partial charge >= 0.3 is 5.97 Å². The van der Waals surface area contributed by atoms with Crippen molar-refractivity contribution in [1.29, 1.82) is 0 Å². The summed E-state index contributed by atoms with van der Waals surface area (Å²) in [6.07, 6.45) is 2.97. The number of carboxylic acids is 1. The van der Waals surface area contributed by atoms with E-state index in [1.54, 1.807) is 11.8 Å². The third-order valence-electron chi connectivity index (χ3n) is 3.26. The van der Waals surface area contributed by atoms with Crippen LogP contribution in [0.1, 0.15) is 25.7 Å². The fourth-order valence-electron chi connectivity index (χ4n) is 2.40. The Kier molecular flexibility index (Phi) is 4.05. The van der Waals surface area contributed by atoms with Gasteiger partial charge in [-0.05, 0) is 40.5 Å². The van der Waals surface area contributed by atoms with E-state index in [4.69, 9.17) is 0 Å². The molecule has 0 aromatic carbocycles. The predicted molar refractivity (Wildman–Crippen MR) is 67.5 cm³/mol. The molecular weight excluding hydrogens is 259 g/mol. The summed E-state index contributed by atoms with van der Waals surface area (Å²) >= 11 is 1.67. The van der Waals surface area contributed by atoms with Crippen molar-refractivity contribution < 1.29 is 14.7 Å². The van der Waals surface area contributed by atoms with E-state index in [9.17, 15) is 14.7 Å². The summed E-state index contributed by atoms with van der Waals surface area (Å²) < 4.78 is 3.88. The molecule has 2 saturated heterocycles. The van der Waals surface area contributed by atoms with Gasteiger partial charge < -0.3 is 10.0 Å². The first-order valence-electron chi connectivity index (χ1n) is 5.68. The maximum absolute atomic E-state index is 12.3. The van der Waals surface area contributed by atoms with Crippen molar-refractivity contribution in [3.63, 3.8) is 0 Å². The van der Waals surface area contributed by atoms with E-state index in [-0.39, 0.29) is 11.3 Å². The Balaban J connectivity index is 2.27. The number of fused-ring (bicyclic) bond motifs is 1. The molecule has 0 aliphatic carbocycles. The molecule has 3 atom stereocenters. The first-order chi connectivity index (χ1) is 8.15. The molecule has 1 unspecified atom stereocenters. The summed E-state index contributed by atoms with van der Waals surface area (Å²) in [5, 5.41) is 9.21. The van der Waals surface area contributed by atoms with Crippen LogP contribution in [0.5, 0.6) is 0 Å². The van der Waals surface area contributed by atoms with Gasteiger partial charge in [0.15, 0.2) is 0 Å². The minimum atomic E-state index is -0.904. The van der Waals surface area contributed by atoms with E-state index in [1.165, 1.54) is 4.90 Å². The standard InChI is InChI=1S/C10H15N2O3PS/c13-9-6(11-16)4-5-17-8-3-1-2-7(10(14)15)12(8)9/h6-8,16H,1-5H2,(H,14,15)/t6-,7-,8?/m0/s1. The van der Waals surface area contributed by atoms with Crippen molar-refractivity contribution in [2.24, 2.45) is 4.74 Å². The third-order valence-corrected chi connectivity index (χ3v) is 4.89. The third kappa shape index (κ3) is 2.47. The second-order valence-corrected chi connectivity index (χ2v) is 5.83. The molecule has 1 amide bonds. The van der Waals surface area contributed by atoms with E-state index >= 15 is 0 Å². The van der Waals surface area contributed by atoms with Gasteiger partial charge in [-0.25, -0.2) is 4.79 Å². The summed E-state index contributed by atoms with van der Waals surface area (Å²) in [6.45, 7) is 0. The second-order valence-electron chi connectivity index (χ2n) is 4.29. The van der Waals surface area contributed by atoms with Gasteiger partial charge in [-0.15, -0.1) is 11.8 Å². The Bertz CT molecular complexity index is 352. The van der Waals surface area contributed by atoms with Gasteiger partial charge in [0.05, 0.1) is 5.37 Å². The Morgan fingerprint density at radius 3 is 2.88 bits per heavy atom. The minimum Gasteiger partial charge on any atom is -0.480 e. The fourth-order valence-corrected chi connectivity index (χ4v) is 4.01. The smallest absolute Gasteiger partial charge is 0.326 e. The first kappa shape index (κ1) is 12.8. The number of amides is 1. The zero-order valence-electron chi connectivity index (χ0n) is 9.33. The number of hydrogen-bond acceptors (Lipinski definition) is 4. The molecule has 0 aromatic heterocycles. The van der Waals surface area contributed by atoms with Crippen LogP contribution in [0.15, 0.2) is 4.74 Å². The molecule has 2 heterocycles. The van der Waals surface area contributed by atoms with Crippen molar-refractivity contribution in [3.05, 3.63) is 0 Å². The molecule has 2 aliphatic rings. The van der Waals surface area contributed by atoms with Gasteiger partial charge in [0.2, 0.25) is 5.91 Å². The number of aliphatic carboxylic acids is 1. The number of carboxylic acid groups (broad SMARTS) is 1. The first-order valence-corrected chi connectivity index (χ1v) is 7.18. The Morgan fingerprint density at radius 1 is 1.47 bits per heavy atom. The van der Waals surface area contributed by atoms with E-state index in [1.807, 2.05) is 0 Å². The van der Waals surface area contributed by atoms with Gasteiger partial charge in [-0.2, -0.15) is 0 Å². The highest BCUT2D eigenvalue weighted by Gasteiger charge is 2.42. The lowest BCUT2D eigenvalue weighted by Crippen LogP contribution is -2.53. The highest BCUT2D eigenvalue weighted by molar-refractivity contribution is 7.99. The number of carbonyl (C=O) groups excluding carboxylic acids is 1. The molecule has 0 spiro atoms. The molecule has 17 heavy (non-hydrogen) atoms. The average molecular weight is 274 g/mol. The van der Waals surface area contributed by atoms with Crippen molar-refractivity contribution in [2.75, 3.05) is 5.75 Å². The fraction of sp³-hybridized carbons (Fsp3) is 0.800. The number of hydrogen-bond donors (Lipinski definition) is 1. The van der Waals surface area contributed by atoms with Crippen LogP contribution in [0.2, 0.25) is 0 Å². The predicted octanol–water partition coefficient (Wildman–Crippen LogP) is 1.61. The molecule has 94 valence electrons. The Hall–Kier alpha value is -0.610. The summed E-state index contributed by atoms with van der Waals surface area (Å²) in [6, 6.07) is -1.12. The van der Waals surface area contributed by atoms with Crippen molar-refractivity contribution in [1.82, 2.24) is 4.90 Å². The van der Waals surface area contributed by atoms with Crippen LogP contribution in [-0.4, -0.2) is 45.1 Å². The SMILES string of the molecule is O=C(O)[C@@H]1CCCC2SCC[C@H](N=P)C(=O)N21. The molecule has 2 fully saturated rings. The van der Waals surface area contributed by atoms with E-state index in [2.05, 4.69) is 13.8 Å². The van der Waals surface area contributed by atoms with Crippen LogP contribution in [0, 0.1) is 0 Å². The maximum Gasteiger partial charge on any atom is 0.326 e. The topological polar surface area (TPSA) is 70.0 Å². The highest BCUT2D eigenvalue weighted by Crippen LogP contribution is 2.35. The quantitative estimate of drug-likeness (QED) is 0.777. The van der Waals surface area contributed by atoms with Crippen molar-refractivity contribution >= 4 is 32.7 Å². The highest BCUT2D eigenvalue weighted by atomic mass is 32.2. The van der Waals surface area contributed by atoms with Crippen molar-refractivity contribution in [3.8, 4) is 0 Å². The lowest BCUT2D eigenvalue weighted by atomic mass is 10.0. The molecule has 1 N–H and O–H groups in total. The summed E-state index contributed by atoms with van der Waals surface area (Å²) in [5.41, 5.74) is 0. The zero-order chi connectivity index (χ0) is 12.4. The Morgan fingerprint density at radius 2 is 2.24 bits per heavy atom. The maximum atomic E-state index is 12.3. The van der Waals surface area contributed by atoms with Gasteiger partial charge in [-0.3, -0.25) is 9.54 Å². The number of nitrogens with zero attached hydrogens (tertiary/aromatic N) is 2. The lowest BCUT2D eigenvalue weighted by Gasteiger charge is -2.39. The zero-order valence-corrected chi connectivity index (χ0v) is 11.2. The van der Waals surface area contributed by atoms with Crippen LogP contribution >= 0.6 is 20.8 Å². The molecule has 7 heteroatoms. The molecular formula is C10H15N2O3PS. The monoisotopic (exact) mass is 274 g/mol. The molecule has 0 saturated carbocycles. The van der Waals surface area contributed by atoms with Gasteiger partial charge in [0, 0.05) is 0 Å². The molecule has 2 rings (SSSR count). The second kappa shape index (κ2) is 5.36. The van der Waals surface area contributed by atoms with Gasteiger partial charge in [0.25, 0.3) is 0 Å². The minimum absolute atomic E-state index is 0.00997. The summed E-state index contributed by atoms with van der Waals surface area (Å²) in [7, 11) is 3.03. The van der Waals surface area contributed by atoms with Crippen LogP contribution in [-0.2, 0) is 9.59 Å².